The van der Waals surface area contributed by atoms with Gasteiger partial charge in [-0.1, -0.05) is 25.1 Å². The highest BCUT2D eigenvalue weighted by atomic mass is 32.2. The number of nitrogens with one attached hydrogen (secondary N) is 1. The molecule has 1 aliphatic heterocycles. The molecule has 1 N–H and O–H groups in total. The number of rotatable bonds is 0. The summed E-state index contributed by atoms with van der Waals surface area (Å²) >= 11 is 7.36. The van der Waals surface area contributed by atoms with Gasteiger partial charge >= 0.3 is 0 Å². The molecule has 68 valence electrons. The van der Waals surface area contributed by atoms with E-state index in [0.29, 0.717) is 6.04 Å². The van der Waals surface area contributed by atoms with Gasteiger partial charge in [0.1, 0.15) is 0 Å². The lowest BCUT2D eigenvalue weighted by atomic mass is 9.95. The van der Waals surface area contributed by atoms with Gasteiger partial charge in [0.15, 0.2) is 0 Å². The summed E-state index contributed by atoms with van der Waals surface area (Å²) in [6.07, 6.45) is 6.62. The van der Waals surface area contributed by atoms with Crippen LogP contribution in [0.2, 0.25) is 0 Å². The predicted molar refractivity (Wildman–Crippen MR) is 58.9 cm³/mol. The van der Waals surface area contributed by atoms with E-state index in [4.69, 9.17) is 12.2 Å². The van der Waals surface area contributed by atoms with E-state index in [9.17, 15) is 0 Å². The average Bonchev–Trinajstić information content (AvgIpc) is 2.25. The molecule has 1 nitrogen and oxygen atoms in total. The van der Waals surface area contributed by atoms with E-state index in [1.54, 1.807) is 0 Å². The van der Waals surface area contributed by atoms with Crippen molar-refractivity contribution in [1.29, 1.82) is 0 Å². The van der Waals surface area contributed by atoms with Crippen LogP contribution in [-0.4, -0.2) is 22.0 Å². The lowest BCUT2D eigenvalue weighted by molar-refractivity contribution is 0.427. The molecule has 0 aromatic carbocycles. The molecule has 0 amide bonds. The zero-order chi connectivity index (χ0) is 8.39. The number of thioether (sulfide) groups is 1. The van der Waals surface area contributed by atoms with E-state index >= 15 is 0 Å². The summed E-state index contributed by atoms with van der Waals surface area (Å²) in [5.74, 6) is 1.23. The van der Waals surface area contributed by atoms with Crippen molar-refractivity contribution < 1.29 is 0 Å². The van der Waals surface area contributed by atoms with Gasteiger partial charge < -0.3 is 5.32 Å². The minimum Gasteiger partial charge on any atom is -0.376 e. The van der Waals surface area contributed by atoms with Gasteiger partial charge in [-0.3, -0.25) is 0 Å². The highest BCUT2D eigenvalue weighted by molar-refractivity contribution is 8.00. The van der Waals surface area contributed by atoms with Crippen LogP contribution in [0.15, 0.2) is 0 Å². The number of hydrogen-bond donors (Lipinski definition) is 1. The molecule has 0 spiro atoms. The Bertz CT molecular complexity index is 181. The Morgan fingerprint density at radius 2 is 2.17 bits per heavy atom. The SMILES string of the molecule is S=C1CCS[C@@H]2CCCC[C@H]2N1. The first-order valence-corrected chi connectivity index (χ1v) is 6.23. The average molecular weight is 201 g/mol. The van der Waals surface area contributed by atoms with Crippen molar-refractivity contribution in [3.05, 3.63) is 0 Å². The second kappa shape index (κ2) is 3.97. The molecule has 0 aromatic rings. The fraction of sp³-hybridized carbons (Fsp3) is 0.889. The van der Waals surface area contributed by atoms with Crippen LogP contribution in [0, 0.1) is 0 Å². The van der Waals surface area contributed by atoms with Crippen molar-refractivity contribution in [2.24, 2.45) is 0 Å². The van der Waals surface area contributed by atoms with Crippen molar-refractivity contribution in [3.63, 3.8) is 0 Å². The van der Waals surface area contributed by atoms with Crippen LogP contribution < -0.4 is 5.32 Å². The number of fused-ring (bicyclic) bond motifs is 1. The normalized spacial score (nSPS) is 36.5. The van der Waals surface area contributed by atoms with Gasteiger partial charge in [-0.05, 0) is 18.6 Å². The van der Waals surface area contributed by atoms with Gasteiger partial charge in [0, 0.05) is 17.7 Å². The van der Waals surface area contributed by atoms with Gasteiger partial charge in [0.05, 0.1) is 4.99 Å². The minimum atomic E-state index is 0.693. The van der Waals surface area contributed by atoms with E-state index < -0.39 is 0 Å². The van der Waals surface area contributed by atoms with Crippen LogP contribution in [0.5, 0.6) is 0 Å². The molecule has 2 fully saturated rings. The Balaban J connectivity index is 2.01. The Hall–Kier alpha value is 0.240. The number of hydrogen-bond acceptors (Lipinski definition) is 2. The summed E-state index contributed by atoms with van der Waals surface area (Å²) in [6.45, 7) is 0. The molecule has 0 aromatic heterocycles. The first-order valence-electron chi connectivity index (χ1n) is 4.77. The second-order valence-corrected chi connectivity index (χ2v) is 5.46. The monoisotopic (exact) mass is 201 g/mol. The predicted octanol–water partition coefficient (Wildman–Crippen LogP) is 2.35. The van der Waals surface area contributed by atoms with Crippen LogP contribution >= 0.6 is 24.0 Å². The first kappa shape index (κ1) is 8.82. The lowest BCUT2D eigenvalue weighted by Gasteiger charge is -2.29. The van der Waals surface area contributed by atoms with E-state index in [2.05, 4.69) is 17.1 Å². The second-order valence-electron chi connectivity index (χ2n) is 3.62. The Labute approximate surface area is 83.7 Å². The molecule has 2 rings (SSSR count). The molecule has 3 heteroatoms. The summed E-state index contributed by atoms with van der Waals surface area (Å²) in [5, 5.41) is 4.34. The zero-order valence-electron chi connectivity index (χ0n) is 7.21. The third-order valence-corrected chi connectivity index (χ3v) is 4.46. The van der Waals surface area contributed by atoms with E-state index in [0.717, 1.165) is 16.7 Å². The molecule has 1 saturated heterocycles. The molecule has 1 saturated carbocycles. The van der Waals surface area contributed by atoms with E-state index in [1.165, 1.54) is 31.4 Å². The molecule has 0 unspecified atom stereocenters. The van der Waals surface area contributed by atoms with Crippen LogP contribution in [0.25, 0.3) is 0 Å². The molecular weight excluding hydrogens is 186 g/mol. The quantitative estimate of drug-likeness (QED) is 0.604. The lowest BCUT2D eigenvalue weighted by Crippen LogP contribution is -2.41. The van der Waals surface area contributed by atoms with Crippen molar-refractivity contribution in [2.75, 3.05) is 5.75 Å². The first-order chi connectivity index (χ1) is 5.86. The molecule has 2 aliphatic rings. The van der Waals surface area contributed by atoms with E-state index in [-0.39, 0.29) is 0 Å². The van der Waals surface area contributed by atoms with E-state index in [1.807, 2.05) is 0 Å². The standard InChI is InChI=1S/C9H15NS2/c11-9-5-6-12-8-4-2-1-3-7(8)10-9/h7-8H,1-6H2,(H,10,11)/t7-,8-/m1/s1. The van der Waals surface area contributed by atoms with Gasteiger partial charge in [0.2, 0.25) is 0 Å². The van der Waals surface area contributed by atoms with Gasteiger partial charge in [-0.25, -0.2) is 0 Å². The van der Waals surface area contributed by atoms with Crippen molar-refractivity contribution >= 4 is 29.0 Å². The minimum absolute atomic E-state index is 0.693. The molecular formula is C9H15NS2. The summed E-state index contributed by atoms with van der Waals surface area (Å²) in [5.41, 5.74) is 0. The van der Waals surface area contributed by atoms with Crippen molar-refractivity contribution in [1.82, 2.24) is 5.32 Å². The third kappa shape index (κ3) is 1.94. The summed E-state index contributed by atoms with van der Waals surface area (Å²) in [6, 6.07) is 0.693. The van der Waals surface area contributed by atoms with Crippen molar-refractivity contribution in [2.45, 2.75) is 43.4 Å². The van der Waals surface area contributed by atoms with Crippen LogP contribution in [-0.2, 0) is 0 Å². The molecule has 12 heavy (non-hydrogen) atoms. The van der Waals surface area contributed by atoms with Crippen LogP contribution in [0.1, 0.15) is 32.1 Å². The Morgan fingerprint density at radius 1 is 1.33 bits per heavy atom. The zero-order valence-corrected chi connectivity index (χ0v) is 8.85. The van der Waals surface area contributed by atoms with Crippen LogP contribution in [0.3, 0.4) is 0 Å². The Kier molecular flexibility index (Phi) is 2.92. The molecule has 1 aliphatic carbocycles. The van der Waals surface area contributed by atoms with Crippen molar-refractivity contribution in [3.8, 4) is 0 Å². The summed E-state index contributed by atoms with van der Waals surface area (Å²) in [7, 11) is 0. The summed E-state index contributed by atoms with van der Waals surface area (Å²) in [4.78, 5) is 1.09. The maximum absolute atomic E-state index is 5.24. The van der Waals surface area contributed by atoms with Gasteiger partial charge in [-0.15, -0.1) is 0 Å². The maximum Gasteiger partial charge on any atom is 0.0764 e. The highest BCUT2D eigenvalue weighted by Crippen LogP contribution is 2.31. The molecule has 1 heterocycles. The fourth-order valence-corrected chi connectivity index (χ4v) is 3.82. The topological polar surface area (TPSA) is 12.0 Å². The smallest absolute Gasteiger partial charge is 0.0764 e. The summed E-state index contributed by atoms with van der Waals surface area (Å²) < 4.78 is 0. The van der Waals surface area contributed by atoms with Gasteiger partial charge in [-0.2, -0.15) is 11.8 Å². The van der Waals surface area contributed by atoms with Gasteiger partial charge in [0.25, 0.3) is 0 Å². The number of thiocarbonyl (C=S) groups is 1. The molecule has 2 atom stereocenters. The van der Waals surface area contributed by atoms with Crippen LogP contribution in [0.4, 0.5) is 0 Å². The fourth-order valence-electron chi connectivity index (χ4n) is 2.04. The molecule has 0 bridgehead atoms. The Morgan fingerprint density at radius 3 is 3.08 bits per heavy atom. The highest BCUT2D eigenvalue weighted by Gasteiger charge is 2.27. The third-order valence-electron chi connectivity index (χ3n) is 2.71. The molecule has 0 radical (unpaired) electrons. The maximum atomic E-state index is 5.24. The largest absolute Gasteiger partial charge is 0.376 e.